The van der Waals surface area contributed by atoms with E-state index >= 15 is 0 Å². The van der Waals surface area contributed by atoms with Crippen molar-refractivity contribution >= 4 is 28.2 Å². The van der Waals surface area contributed by atoms with Gasteiger partial charge in [0.05, 0.1) is 13.2 Å². The van der Waals surface area contributed by atoms with Gasteiger partial charge in [-0.1, -0.05) is 38.1 Å². The number of alkyl halides is 2. The Morgan fingerprint density at radius 3 is 2.31 bits per heavy atom. The summed E-state index contributed by atoms with van der Waals surface area (Å²) in [7, 11) is 1.29. The maximum Gasteiger partial charge on any atom is 0.387 e. The summed E-state index contributed by atoms with van der Waals surface area (Å²) in [6.07, 6.45) is 0.660. The zero-order chi connectivity index (χ0) is 26.4. The van der Waals surface area contributed by atoms with Gasteiger partial charge < -0.3 is 19.5 Å². The Bertz CT molecular complexity index is 1210. The normalized spacial score (nSPS) is 11.9. The molecule has 36 heavy (non-hydrogen) atoms. The molecule has 0 fully saturated rings. The van der Waals surface area contributed by atoms with Crippen molar-refractivity contribution in [2.45, 2.75) is 52.7 Å². The quantitative estimate of drug-likeness (QED) is 0.285. The van der Waals surface area contributed by atoms with Crippen molar-refractivity contribution in [1.82, 2.24) is 0 Å². The van der Waals surface area contributed by atoms with Crippen LogP contribution in [0.5, 0.6) is 11.5 Å². The van der Waals surface area contributed by atoms with Crippen LogP contribution in [-0.2, 0) is 4.74 Å². The molecule has 2 aromatic carbocycles. The summed E-state index contributed by atoms with van der Waals surface area (Å²) in [4.78, 5) is 26.1. The van der Waals surface area contributed by atoms with Gasteiger partial charge in [0.2, 0.25) is 0 Å². The van der Waals surface area contributed by atoms with Gasteiger partial charge in [0.1, 0.15) is 10.6 Å². The first-order valence-corrected chi connectivity index (χ1v) is 12.4. The minimum Gasteiger partial charge on any atom is -0.493 e. The Morgan fingerprint density at radius 2 is 1.72 bits per heavy atom. The highest BCUT2D eigenvalue weighted by atomic mass is 32.1. The van der Waals surface area contributed by atoms with Crippen molar-refractivity contribution in [2.75, 3.05) is 12.4 Å². The summed E-state index contributed by atoms with van der Waals surface area (Å²) in [5.41, 5.74) is 3.07. The molecule has 1 atom stereocenters. The van der Waals surface area contributed by atoms with Crippen molar-refractivity contribution < 1.29 is 32.6 Å². The highest BCUT2D eigenvalue weighted by Gasteiger charge is 2.25. The van der Waals surface area contributed by atoms with Gasteiger partial charge in [-0.2, -0.15) is 8.78 Å². The molecule has 1 amide bonds. The molecule has 0 radical (unpaired) electrons. The third-order valence-electron chi connectivity index (χ3n) is 5.61. The Hall–Kier alpha value is -3.46. The zero-order valence-corrected chi connectivity index (χ0v) is 21.6. The molecular weight excluding hydrogens is 488 g/mol. The second-order valence-electron chi connectivity index (χ2n) is 8.44. The van der Waals surface area contributed by atoms with E-state index in [2.05, 4.69) is 23.9 Å². The van der Waals surface area contributed by atoms with Crippen molar-refractivity contribution in [1.29, 1.82) is 0 Å². The number of hydrogen-bond acceptors (Lipinski definition) is 6. The van der Waals surface area contributed by atoms with Crippen molar-refractivity contribution in [3.8, 4) is 22.6 Å². The van der Waals surface area contributed by atoms with E-state index in [1.54, 1.807) is 19.2 Å². The van der Waals surface area contributed by atoms with E-state index in [1.807, 2.05) is 24.3 Å². The lowest BCUT2D eigenvalue weighted by Gasteiger charge is -2.13. The standard InChI is InChI=1S/C27H29F2NO5S/c1-6-16(4)17-7-9-18(10-8-17)20-14-36-25(23(20)26(32)34-15(2)3)30-24(31)19-11-12-21(35-27(28)29)22(13-19)33-5/h7-16,27H,6H2,1-5H3,(H,30,31)/t16-/m1/s1. The number of methoxy groups -OCH3 is 1. The number of carbonyl (C=O) groups is 2. The topological polar surface area (TPSA) is 73.9 Å². The molecule has 0 aliphatic rings. The Balaban J connectivity index is 1.95. The molecule has 0 spiro atoms. The summed E-state index contributed by atoms with van der Waals surface area (Å²) in [5.74, 6) is -0.895. The lowest BCUT2D eigenvalue weighted by molar-refractivity contribution is -0.0512. The summed E-state index contributed by atoms with van der Waals surface area (Å²) in [5, 5.41) is 4.87. The zero-order valence-electron chi connectivity index (χ0n) is 20.8. The number of nitrogens with one attached hydrogen (secondary N) is 1. The molecule has 192 valence electrons. The van der Waals surface area contributed by atoms with Crippen LogP contribution in [-0.4, -0.2) is 31.7 Å². The van der Waals surface area contributed by atoms with Crippen LogP contribution in [0.2, 0.25) is 0 Å². The van der Waals surface area contributed by atoms with Crippen LogP contribution in [0.15, 0.2) is 47.8 Å². The number of benzene rings is 2. The van der Waals surface area contributed by atoms with Gasteiger partial charge in [-0.25, -0.2) is 4.79 Å². The van der Waals surface area contributed by atoms with Crippen LogP contribution in [0.3, 0.4) is 0 Å². The van der Waals surface area contributed by atoms with E-state index in [0.29, 0.717) is 16.5 Å². The highest BCUT2D eigenvalue weighted by Crippen LogP contribution is 2.38. The molecule has 1 aromatic heterocycles. The molecule has 0 saturated heterocycles. The number of hydrogen-bond donors (Lipinski definition) is 1. The number of carbonyl (C=O) groups excluding carboxylic acids is 2. The molecule has 0 unspecified atom stereocenters. The highest BCUT2D eigenvalue weighted by molar-refractivity contribution is 7.15. The average molecular weight is 518 g/mol. The SMILES string of the molecule is CC[C@@H](C)c1ccc(-c2csc(NC(=O)c3ccc(OC(F)F)c(OC)c3)c2C(=O)OC(C)C)cc1. The summed E-state index contributed by atoms with van der Waals surface area (Å²) >= 11 is 1.20. The predicted octanol–water partition coefficient (Wildman–Crippen LogP) is 7.36. The van der Waals surface area contributed by atoms with Crippen LogP contribution in [0.25, 0.3) is 11.1 Å². The summed E-state index contributed by atoms with van der Waals surface area (Å²) in [6, 6.07) is 11.8. The second kappa shape index (κ2) is 12.0. The minimum atomic E-state index is -3.03. The number of amides is 1. The van der Waals surface area contributed by atoms with Crippen LogP contribution in [0.1, 0.15) is 66.3 Å². The van der Waals surface area contributed by atoms with Crippen molar-refractivity contribution in [2.24, 2.45) is 0 Å². The molecule has 1 heterocycles. The molecular formula is C27H29F2NO5S. The number of esters is 1. The first-order valence-electron chi connectivity index (χ1n) is 11.5. The third kappa shape index (κ3) is 6.40. The molecule has 0 aliphatic heterocycles. The van der Waals surface area contributed by atoms with Gasteiger partial charge in [0, 0.05) is 16.5 Å². The lowest BCUT2D eigenvalue weighted by Crippen LogP contribution is -2.17. The fourth-order valence-corrected chi connectivity index (χ4v) is 4.49. The maximum absolute atomic E-state index is 13.0. The van der Waals surface area contributed by atoms with Gasteiger partial charge in [0.15, 0.2) is 11.5 Å². The van der Waals surface area contributed by atoms with E-state index in [-0.39, 0.29) is 28.7 Å². The molecule has 0 saturated carbocycles. The van der Waals surface area contributed by atoms with Gasteiger partial charge in [-0.3, -0.25) is 4.79 Å². The molecule has 0 aliphatic carbocycles. The van der Waals surface area contributed by atoms with E-state index < -0.39 is 18.5 Å². The number of halogens is 2. The van der Waals surface area contributed by atoms with E-state index in [9.17, 15) is 18.4 Å². The predicted molar refractivity (Wildman–Crippen MR) is 137 cm³/mol. The second-order valence-corrected chi connectivity index (χ2v) is 9.32. The molecule has 6 nitrogen and oxygen atoms in total. The monoisotopic (exact) mass is 517 g/mol. The van der Waals surface area contributed by atoms with E-state index in [1.165, 1.54) is 42.2 Å². The van der Waals surface area contributed by atoms with Crippen LogP contribution >= 0.6 is 11.3 Å². The first-order chi connectivity index (χ1) is 17.1. The first kappa shape index (κ1) is 27.1. The fraction of sp³-hybridized carbons (Fsp3) is 0.333. The minimum absolute atomic E-state index is 0.0179. The molecule has 3 rings (SSSR count). The fourth-order valence-electron chi connectivity index (χ4n) is 3.54. The largest absolute Gasteiger partial charge is 0.493 e. The Labute approximate surface area is 213 Å². The summed E-state index contributed by atoms with van der Waals surface area (Å²) in [6.45, 7) is 4.75. The third-order valence-corrected chi connectivity index (χ3v) is 6.51. The lowest BCUT2D eigenvalue weighted by atomic mass is 9.95. The van der Waals surface area contributed by atoms with Gasteiger partial charge in [0.25, 0.3) is 5.91 Å². The average Bonchev–Trinajstić information content (AvgIpc) is 3.26. The molecule has 0 bridgehead atoms. The Morgan fingerprint density at radius 1 is 1.03 bits per heavy atom. The van der Waals surface area contributed by atoms with Crippen molar-refractivity contribution in [3.05, 3.63) is 64.5 Å². The summed E-state index contributed by atoms with van der Waals surface area (Å²) < 4.78 is 40.2. The van der Waals surface area contributed by atoms with Crippen molar-refractivity contribution in [3.63, 3.8) is 0 Å². The van der Waals surface area contributed by atoms with E-state index in [0.717, 1.165) is 12.0 Å². The number of rotatable bonds is 10. The number of anilines is 1. The molecule has 3 aromatic rings. The van der Waals surface area contributed by atoms with Crippen LogP contribution < -0.4 is 14.8 Å². The van der Waals surface area contributed by atoms with Gasteiger partial charge in [-0.15, -0.1) is 11.3 Å². The van der Waals surface area contributed by atoms with Crippen LogP contribution in [0, 0.1) is 0 Å². The maximum atomic E-state index is 13.0. The molecule has 1 N–H and O–H groups in total. The Kier molecular flexibility index (Phi) is 9.03. The molecule has 9 heteroatoms. The number of ether oxygens (including phenoxy) is 3. The van der Waals surface area contributed by atoms with Gasteiger partial charge >= 0.3 is 12.6 Å². The number of thiophene rings is 1. The van der Waals surface area contributed by atoms with E-state index in [4.69, 9.17) is 9.47 Å². The smallest absolute Gasteiger partial charge is 0.387 e. The van der Waals surface area contributed by atoms with Crippen LogP contribution in [0.4, 0.5) is 13.8 Å². The van der Waals surface area contributed by atoms with Gasteiger partial charge in [-0.05, 0) is 55.5 Å².